The van der Waals surface area contributed by atoms with Crippen LogP contribution in [0, 0.1) is 12.7 Å². The molecule has 0 amide bonds. The Morgan fingerprint density at radius 2 is 1.94 bits per heavy atom. The molecule has 0 spiro atoms. The third kappa shape index (κ3) is 3.69. The standard InChI is InChI=1S/C23H21FN6OS/c1-14-3-4-16(18-9-10-25-29(2)22(18)31)11-19(14)26-23-28-27-21-13-32-12-20(30(21)23)15-5-7-17(24)8-6-15/h3-11,20H,12-13H2,1-2H3,(H,26,28). The molecule has 162 valence electrons. The smallest absolute Gasteiger partial charge is 0.274 e. The van der Waals surface area contributed by atoms with Crippen molar-refractivity contribution in [1.82, 2.24) is 24.5 Å². The van der Waals surface area contributed by atoms with Gasteiger partial charge in [0.15, 0.2) is 0 Å². The predicted molar refractivity (Wildman–Crippen MR) is 124 cm³/mol. The molecule has 1 atom stereocenters. The number of aryl methyl sites for hydroxylation is 2. The lowest BCUT2D eigenvalue weighted by Gasteiger charge is -2.26. The van der Waals surface area contributed by atoms with Crippen molar-refractivity contribution in [2.75, 3.05) is 11.1 Å². The number of nitrogens with zero attached hydrogens (tertiary/aromatic N) is 5. The van der Waals surface area contributed by atoms with E-state index < -0.39 is 0 Å². The molecule has 5 rings (SSSR count). The van der Waals surface area contributed by atoms with Gasteiger partial charge in [0.05, 0.1) is 17.4 Å². The van der Waals surface area contributed by atoms with Crippen LogP contribution in [0.2, 0.25) is 0 Å². The zero-order chi connectivity index (χ0) is 22.2. The van der Waals surface area contributed by atoms with Crippen molar-refractivity contribution in [2.24, 2.45) is 7.05 Å². The zero-order valence-corrected chi connectivity index (χ0v) is 18.4. The second kappa shape index (κ2) is 8.23. The summed E-state index contributed by atoms with van der Waals surface area (Å²) in [6.45, 7) is 2.00. The number of halogens is 1. The first-order chi connectivity index (χ1) is 15.5. The molecule has 2 aromatic carbocycles. The highest BCUT2D eigenvalue weighted by molar-refractivity contribution is 7.98. The summed E-state index contributed by atoms with van der Waals surface area (Å²) in [5.74, 6) is 2.84. The van der Waals surface area contributed by atoms with Gasteiger partial charge in [-0.1, -0.05) is 24.3 Å². The van der Waals surface area contributed by atoms with Gasteiger partial charge in [0, 0.05) is 24.7 Å². The number of hydrogen-bond donors (Lipinski definition) is 1. The van der Waals surface area contributed by atoms with Gasteiger partial charge in [-0.15, -0.1) is 10.2 Å². The summed E-state index contributed by atoms with van der Waals surface area (Å²) in [7, 11) is 1.63. The van der Waals surface area contributed by atoms with E-state index in [9.17, 15) is 9.18 Å². The fourth-order valence-electron chi connectivity index (χ4n) is 3.87. The largest absolute Gasteiger partial charge is 0.324 e. The lowest BCUT2D eigenvalue weighted by molar-refractivity contribution is 0.607. The average Bonchev–Trinajstić information content (AvgIpc) is 3.21. The molecule has 0 radical (unpaired) electrons. The molecule has 0 aliphatic carbocycles. The van der Waals surface area contributed by atoms with Crippen LogP contribution in [-0.2, 0) is 12.8 Å². The number of benzene rings is 2. The van der Waals surface area contributed by atoms with Gasteiger partial charge < -0.3 is 5.32 Å². The van der Waals surface area contributed by atoms with Gasteiger partial charge in [0.1, 0.15) is 11.6 Å². The van der Waals surface area contributed by atoms with Crippen LogP contribution in [-0.4, -0.2) is 30.3 Å². The molecule has 4 aromatic rings. The van der Waals surface area contributed by atoms with Gasteiger partial charge in [-0.2, -0.15) is 16.9 Å². The Hall–Kier alpha value is -3.46. The first-order valence-electron chi connectivity index (χ1n) is 10.2. The molecule has 2 aromatic heterocycles. The van der Waals surface area contributed by atoms with Crippen LogP contribution in [0.3, 0.4) is 0 Å². The quantitative estimate of drug-likeness (QED) is 0.507. The van der Waals surface area contributed by atoms with Crippen LogP contribution >= 0.6 is 11.8 Å². The van der Waals surface area contributed by atoms with E-state index in [1.165, 1.54) is 16.8 Å². The summed E-state index contributed by atoms with van der Waals surface area (Å²) in [6.07, 6.45) is 1.61. The Morgan fingerprint density at radius 1 is 1.12 bits per heavy atom. The zero-order valence-electron chi connectivity index (χ0n) is 17.6. The summed E-state index contributed by atoms with van der Waals surface area (Å²) >= 11 is 1.78. The van der Waals surface area contributed by atoms with Crippen LogP contribution in [0.4, 0.5) is 16.0 Å². The van der Waals surface area contributed by atoms with Crippen molar-refractivity contribution in [2.45, 2.75) is 18.7 Å². The summed E-state index contributed by atoms with van der Waals surface area (Å²) in [4.78, 5) is 12.5. The Bertz CT molecular complexity index is 1350. The van der Waals surface area contributed by atoms with Gasteiger partial charge in [-0.3, -0.25) is 9.36 Å². The first kappa shape index (κ1) is 20.4. The molecule has 7 nitrogen and oxygen atoms in total. The molecule has 0 saturated heterocycles. The fourth-order valence-corrected chi connectivity index (χ4v) is 4.93. The third-order valence-corrected chi connectivity index (χ3v) is 6.65. The molecule has 0 fully saturated rings. The van der Waals surface area contributed by atoms with E-state index in [4.69, 9.17) is 0 Å². The molecular formula is C23H21FN6OS. The SMILES string of the molecule is Cc1ccc(-c2ccnn(C)c2=O)cc1Nc1nnc2n1C(c1ccc(F)cc1)CSC2. The van der Waals surface area contributed by atoms with Crippen molar-refractivity contribution < 1.29 is 4.39 Å². The molecule has 1 aliphatic rings. The van der Waals surface area contributed by atoms with E-state index in [1.54, 1.807) is 31.1 Å². The third-order valence-electron chi connectivity index (χ3n) is 5.64. The lowest BCUT2D eigenvalue weighted by Crippen LogP contribution is -2.22. The van der Waals surface area contributed by atoms with Crippen molar-refractivity contribution in [1.29, 1.82) is 0 Å². The van der Waals surface area contributed by atoms with Crippen molar-refractivity contribution in [3.8, 4) is 11.1 Å². The minimum Gasteiger partial charge on any atom is -0.324 e. The summed E-state index contributed by atoms with van der Waals surface area (Å²) in [5.41, 5.74) is 4.08. The van der Waals surface area contributed by atoms with Gasteiger partial charge in [-0.25, -0.2) is 9.07 Å². The number of anilines is 2. The minimum absolute atomic E-state index is 0.00201. The van der Waals surface area contributed by atoms with Crippen LogP contribution in [0.1, 0.15) is 23.0 Å². The van der Waals surface area contributed by atoms with Crippen molar-refractivity contribution >= 4 is 23.4 Å². The maximum atomic E-state index is 13.5. The van der Waals surface area contributed by atoms with E-state index in [0.717, 1.165) is 39.7 Å². The predicted octanol–water partition coefficient (Wildman–Crippen LogP) is 4.07. The van der Waals surface area contributed by atoms with E-state index in [2.05, 4.69) is 25.2 Å². The lowest BCUT2D eigenvalue weighted by atomic mass is 10.0. The Morgan fingerprint density at radius 3 is 2.75 bits per heavy atom. The topological polar surface area (TPSA) is 77.6 Å². The molecule has 1 aliphatic heterocycles. The van der Waals surface area contributed by atoms with Crippen molar-refractivity contribution in [3.63, 3.8) is 0 Å². The van der Waals surface area contributed by atoms with Crippen LogP contribution in [0.5, 0.6) is 0 Å². The first-order valence-corrected chi connectivity index (χ1v) is 11.3. The number of hydrogen-bond acceptors (Lipinski definition) is 6. The highest BCUT2D eigenvalue weighted by Gasteiger charge is 2.27. The van der Waals surface area contributed by atoms with Crippen molar-refractivity contribution in [3.05, 3.63) is 87.9 Å². The monoisotopic (exact) mass is 448 g/mol. The summed E-state index contributed by atoms with van der Waals surface area (Å²) in [5, 5.41) is 16.2. The fraction of sp³-hybridized carbons (Fsp3) is 0.217. The second-order valence-electron chi connectivity index (χ2n) is 7.72. The molecular weight excluding hydrogens is 427 g/mol. The van der Waals surface area contributed by atoms with Gasteiger partial charge in [0.2, 0.25) is 5.95 Å². The molecule has 32 heavy (non-hydrogen) atoms. The number of rotatable bonds is 4. The van der Waals surface area contributed by atoms with Gasteiger partial charge in [0.25, 0.3) is 5.56 Å². The number of fused-ring (bicyclic) bond motifs is 1. The molecule has 0 saturated carbocycles. The summed E-state index contributed by atoms with van der Waals surface area (Å²) < 4.78 is 16.9. The molecule has 1 unspecified atom stereocenters. The van der Waals surface area contributed by atoms with E-state index in [-0.39, 0.29) is 17.4 Å². The molecule has 9 heteroatoms. The van der Waals surface area contributed by atoms with Gasteiger partial charge >= 0.3 is 0 Å². The van der Waals surface area contributed by atoms with E-state index >= 15 is 0 Å². The summed E-state index contributed by atoms with van der Waals surface area (Å²) in [6, 6.07) is 14.1. The number of thioether (sulfide) groups is 1. The average molecular weight is 449 g/mol. The molecule has 0 bridgehead atoms. The van der Waals surface area contributed by atoms with Crippen LogP contribution in [0.25, 0.3) is 11.1 Å². The molecule has 3 heterocycles. The number of nitrogens with one attached hydrogen (secondary N) is 1. The Balaban J connectivity index is 1.53. The second-order valence-corrected chi connectivity index (χ2v) is 8.75. The van der Waals surface area contributed by atoms with Gasteiger partial charge in [-0.05, 0) is 47.9 Å². The van der Waals surface area contributed by atoms with Crippen LogP contribution in [0.15, 0.2) is 59.5 Å². The molecule has 1 N–H and O–H groups in total. The Labute approximate surface area is 188 Å². The highest BCUT2D eigenvalue weighted by atomic mass is 32.2. The van der Waals surface area contributed by atoms with E-state index in [0.29, 0.717) is 11.5 Å². The minimum atomic E-state index is -0.255. The number of aromatic nitrogens is 5. The maximum Gasteiger partial charge on any atom is 0.274 e. The highest BCUT2D eigenvalue weighted by Crippen LogP contribution is 2.35. The van der Waals surface area contributed by atoms with E-state index in [1.807, 2.05) is 37.3 Å². The Kier molecular flexibility index (Phi) is 5.26. The van der Waals surface area contributed by atoms with Crippen LogP contribution < -0.4 is 10.9 Å². The normalized spacial score (nSPS) is 15.4. The maximum absolute atomic E-state index is 13.5.